The van der Waals surface area contributed by atoms with Crippen LogP contribution in [0.5, 0.6) is 0 Å². The van der Waals surface area contributed by atoms with Crippen LogP contribution in [0.1, 0.15) is 44.9 Å². The number of rotatable bonds is 4. The van der Waals surface area contributed by atoms with E-state index in [0.717, 1.165) is 37.8 Å². The molecule has 0 aliphatic heterocycles. The van der Waals surface area contributed by atoms with Gasteiger partial charge in [0, 0.05) is 19.0 Å². The van der Waals surface area contributed by atoms with E-state index in [9.17, 15) is 4.79 Å². The van der Waals surface area contributed by atoms with Gasteiger partial charge in [0.1, 0.15) is 0 Å². The van der Waals surface area contributed by atoms with Crippen molar-refractivity contribution < 1.29 is 4.79 Å². The monoisotopic (exact) mass is 274 g/mol. The van der Waals surface area contributed by atoms with Gasteiger partial charge in [-0.15, -0.1) is 12.4 Å². The largest absolute Gasteiger partial charge is 0.355 e. The van der Waals surface area contributed by atoms with Gasteiger partial charge in [-0.1, -0.05) is 25.7 Å². The lowest BCUT2D eigenvalue weighted by Crippen LogP contribution is -2.39. The maximum absolute atomic E-state index is 12.0. The molecule has 2 aliphatic carbocycles. The van der Waals surface area contributed by atoms with Gasteiger partial charge >= 0.3 is 0 Å². The van der Waals surface area contributed by atoms with Crippen molar-refractivity contribution in [2.45, 2.75) is 44.9 Å². The highest BCUT2D eigenvalue weighted by Gasteiger charge is 2.34. The van der Waals surface area contributed by atoms with Crippen LogP contribution < -0.4 is 10.6 Å². The van der Waals surface area contributed by atoms with E-state index in [2.05, 4.69) is 10.6 Å². The van der Waals surface area contributed by atoms with Crippen molar-refractivity contribution >= 4 is 18.3 Å². The number of halogens is 1. The third kappa shape index (κ3) is 4.13. The van der Waals surface area contributed by atoms with Gasteiger partial charge < -0.3 is 10.6 Å². The average molecular weight is 275 g/mol. The molecule has 0 aromatic heterocycles. The fourth-order valence-electron chi connectivity index (χ4n) is 3.57. The first kappa shape index (κ1) is 15.8. The molecule has 0 saturated heterocycles. The van der Waals surface area contributed by atoms with Crippen LogP contribution in [0.4, 0.5) is 0 Å². The van der Waals surface area contributed by atoms with Crippen LogP contribution in [0, 0.1) is 17.8 Å². The first-order valence-corrected chi connectivity index (χ1v) is 7.23. The summed E-state index contributed by atoms with van der Waals surface area (Å²) in [4.78, 5) is 12.0. The number of nitrogens with one attached hydrogen (secondary N) is 2. The van der Waals surface area contributed by atoms with Crippen molar-refractivity contribution in [1.82, 2.24) is 10.6 Å². The van der Waals surface area contributed by atoms with Gasteiger partial charge in [-0.05, 0) is 38.1 Å². The molecule has 3 nitrogen and oxygen atoms in total. The maximum atomic E-state index is 12.0. The van der Waals surface area contributed by atoms with E-state index >= 15 is 0 Å². The number of amides is 1. The summed E-state index contributed by atoms with van der Waals surface area (Å²) in [7, 11) is 1.92. The number of carbonyl (C=O) groups excluding carboxylic acids is 1. The topological polar surface area (TPSA) is 41.1 Å². The molecule has 2 fully saturated rings. The van der Waals surface area contributed by atoms with Gasteiger partial charge in [-0.3, -0.25) is 4.79 Å². The minimum absolute atomic E-state index is 0. The van der Waals surface area contributed by atoms with E-state index in [1.54, 1.807) is 0 Å². The van der Waals surface area contributed by atoms with Gasteiger partial charge in [-0.25, -0.2) is 0 Å². The second kappa shape index (κ2) is 8.00. The summed E-state index contributed by atoms with van der Waals surface area (Å²) in [5, 5.41) is 6.10. The average Bonchev–Trinajstić information content (AvgIpc) is 2.38. The van der Waals surface area contributed by atoms with Gasteiger partial charge in [0.2, 0.25) is 5.91 Å². The van der Waals surface area contributed by atoms with Crippen LogP contribution in [0.25, 0.3) is 0 Å². The van der Waals surface area contributed by atoms with E-state index in [1.807, 2.05) is 7.05 Å². The van der Waals surface area contributed by atoms with Crippen molar-refractivity contribution in [3.05, 3.63) is 0 Å². The first-order valence-electron chi connectivity index (χ1n) is 7.23. The summed E-state index contributed by atoms with van der Waals surface area (Å²) in [5.74, 6) is 2.37. The predicted octanol–water partition coefficient (Wildman–Crippen LogP) is 2.35. The molecule has 0 aromatic rings. The summed E-state index contributed by atoms with van der Waals surface area (Å²) < 4.78 is 0. The van der Waals surface area contributed by atoms with E-state index in [4.69, 9.17) is 0 Å². The van der Waals surface area contributed by atoms with Crippen LogP contribution in [-0.2, 0) is 4.79 Å². The Hall–Kier alpha value is -0.280. The molecule has 4 heteroatoms. The van der Waals surface area contributed by atoms with E-state index in [-0.39, 0.29) is 12.4 Å². The highest BCUT2D eigenvalue weighted by molar-refractivity contribution is 5.85. The molecule has 3 unspecified atom stereocenters. The van der Waals surface area contributed by atoms with Crippen LogP contribution in [0.2, 0.25) is 0 Å². The Labute approximate surface area is 117 Å². The summed E-state index contributed by atoms with van der Waals surface area (Å²) in [6.45, 7) is 1.63. The molecule has 2 N–H and O–H groups in total. The van der Waals surface area contributed by atoms with Gasteiger partial charge in [0.15, 0.2) is 0 Å². The predicted molar refractivity (Wildman–Crippen MR) is 77.0 cm³/mol. The zero-order valence-electron chi connectivity index (χ0n) is 11.4. The Morgan fingerprint density at radius 1 is 1.06 bits per heavy atom. The quantitative estimate of drug-likeness (QED) is 0.773. The molecule has 2 saturated carbocycles. The Kier molecular flexibility index (Phi) is 7.02. The minimum Gasteiger partial charge on any atom is -0.355 e. The third-order valence-electron chi connectivity index (χ3n) is 4.58. The molecular formula is C14H27ClN2O. The Morgan fingerprint density at radius 3 is 2.50 bits per heavy atom. The fraction of sp³-hybridized carbons (Fsp3) is 0.929. The van der Waals surface area contributed by atoms with Gasteiger partial charge in [-0.2, -0.15) is 0 Å². The van der Waals surface area contributed by atoms with Crippen LogP contribution in [-0.4, -0.2) is 26.0 Å². The van der Waals surface area contributed by atoms with Crippen molar-refractivity contribution in [3.8, 4) is 0 Å². The summed E-state index contributed by atoms with van der Waals surface area (Å²) in [6.07, 6.45) is 9.14. The normalized spacial score (nSPS) is 31.1. The molecule has 2 rings (SSSR count). The molecular weight excluding hydrogens is 248 g/mol. The lowest BCUT2D eigenvalue weighted by Gasteiger charge is -2.38. The van der Waals surface area contributed by atoms with Crippen LogP contribution >= 0.6 is 12.4 Å². The lowest BCUT2D eigenvalue weighted by molar-refractivity contribution is -0.127. The number of hydrogen-bond donors (Lipinski definition) is 2. The number of likely N-dealkylation sites (N-methyl/N-ethyl adjacent to an activating group) is 1. The summed E-state index contributed by atoms with van der Waals surface area (Å²) >= 11 is 0. The smallest absolute Gasteiger partial charge is 0.223 e. The standard InChI is InChI=1S/C14H26N2O.ClH/c1-15-8-9-16-14(17)13-7-6-11-4-2-3-5-12(11)10-13;/h11-13,15H,2-10H2,1H3,(H,16,17);1H. The highest BCUT2D eigenvalue weighted by atomic mass is 35.5. The molecule has 0 spiro atoms. The SMILES string of the molecule is CNCCNC(=O)C1CCC2CCCCC2C1.Cl. The van der Waals surface area contributed by atoms with E-state index in [0.29, 0.717) is 11.8 Å². The molecule has 3 atom stereocenters. The Balaban J connectivity index is 0.00000162. The minimum atomic E-state index is 0. The molecule has 1 amide bonds. The van der Waals surface area contributed by atoms with Gasteiger partial charge in [0.25, 0.3) is 0 Å². The molecule has 0 bridgehead atoms. The fourth-order valence-corrected chi connectivity index (χ4v) is 3.57. The molecule has 2 aliphatic rings. The van der Waals surface area contributed by atoms with E-state index < -0.39 is 0 Å². The summed E-state index contributed by atoms with van der Waals surface area (Å²) in [6, 6.07) is 0. The molecule has 0 aromatic carbocycles. The second-order valence-corrected chi connectivity index (χ2v) is 5.71. The zero-order chi connectivity index (χ0) is 12.1. The number of hydrogen-bond acceptors (Lipinski definition) is 2. The first-order chi connectivity index (χ1) is 8.31. The Bertz CT molecular complexity index is 260. The number of fused-ring (bicyclic) bond motifs is 1. The van der Waals surface area contributed by atoms with Crippen molar-refractivity contribution in [3.63, 3.8) is 0 Å². The third-order valence-corrected chi connectivity index (χ3v) is 4.58. The molecule has 0 heterocycles. The maximum Gasteiger partial charge on any atom is 0.223 e. The molecule has 0 radical (unpaired) electrons. The number of carbonyl (C=O) groups is 1. The second-order valence-electron chi connectivity index (χ2n) is 5.71. The van der Waals surface area contributed by atoms with Crippen LogP contribution in [0.15, 0.2) is 0 Å². The lowest BCUT2D eigenvalue weighted by atomic mass is 9.67. The summed E-state index contributed by atoms with van der Waals surface area (Å²) in [5.41, 5.74) is 0. The zero-order valence-corrected chi connectivity index (χ0v) is 12.2. The Morgan fingerprint density at radius 2 is 1.78 bits per heavy atom. The van der Waals surface area contributed by atoms with Crippen molar-refractivity contribution in [1.29, 1.82) is 0 Å². The van der Waals surface area contributed by atoms with Crippen molar-refractivity contribution in [2.24, 2.45) is 17.8 Å². The van der Waals surface area contributed by atoms with E-state index in [1.165, 1.54) is 32.1 Å². The molecule has 106 valence electrons. The van der Waals surface area contributed by atoms with Gasteiger partial charge in [0.05, 0.1) is 0 Å². The highest BCUT2D eigenvalue weighted by Crippen LogP contribution is 2.42. The van der Waals surface area contributed by atoms with Crippen LogP contribution in [0.3, 0.4) is 0 Å². The molecule has 18 heavy (non-hydrogen) atoms. The van der Waals surface area contributed by atoms with Crippen molar-refractivity contribution in [2.75, 3.05) is 20.1 Å².